The second-order valence-corrected chi connectivity index (χ2v) is 6.78. The van der Waals surface area contributed by atoms with Crippen LogP contribution in [-0.2, 0) is 4.79 Å². The van der Waals surface area contributed by atoms with Crippen LogP contribution >= 0.6 is 15.9 Å². The van der Waals surface area contributed by atoms with Gasteiger partial charge in [0.25, 0.3) is 0 Å². The normalized spacial score (nSPS) is 24.1. The summed E-state index contributed by atoms with van der Waals surface area (Å²) in [5, 5.41) is 9.86. The Labute approximate surface area is 135 Å². The third-order valence-corrected chi connectivity index (χ3v) is 5.09. The third-order valence-electron chi connectivity index (χ3n) is 4.60. The largest absolute Gasteiger partial charge is 0.480 e. The molecule has 1 heterocycles. The highest BCUT2D eigenvalue weighted by Gasteiger charge is 2.49. The molecular weight excluding hydrogens is 330 g/mol. The molecular formula is C17H24BrNO2. The van der Waals surface area contributed by atoms with Gasteiger partial charge in [-0.15, -0.1) is 0 Å². The Hall–Kier alpha value is -0.870. The predicted molar refractivity (Wildman–Crippen MR) is 88.4 cm³/mol. The summed E-state index contributed by atoms with van der Waals surface area (Å²) in [6.07, 6.45) is 4.29. The fourth-order valence-electron chi connectivity index (χ4n) is 3.72. The molecule has 4 heteroatoms. The van der Waals surface area contributed by atoms with E-state index in [1.807, 2.05) is 12.1 Å². The first kappa shape index (κ1) is 16.5. The van der Waals surface area contributed by atoms with E-state index in [2.05, 4.69) is 46.8 Å². The van der Waals surface area contributed by atoms with Crippen LogP contribution in [0.2, 0.25) is 0 Å². The molecule has 1 N–H and O–H groups in total. The van der Waals surface area contributed by atoms with E-state index in [-0.39, 0.29) is 6.04 Å². The van der Waals surface area contributed by atoms with Crippen LogP contribution in [-0.4, -0.2) is 28.1 Å². The average Bonchev–Trinajstić information content (AvgIpc) is 2.85. The van der Waals surface area contributed by atoms with E-state index in [1.54, 1.807) is 0 Å². The highest BCUT2D eigenvalue weighted by Crippen LogP contribution is 2.41. The van der Waals surface area contributed by atoms with E-state index in [1.165, 1.54) is 5.56 Å². The first-order valence-electron chi connectivity index (χ1n) is 7.80. The van der Waals surface area contributed by atoms with Gasteiger partial charge >= 0.3 is 5.97 Å². The van der Waals surface area contributed by atoms with Gasteiger partial charge in [-0.25, -0.2) is 0 Å². The van der Waals surface area contributed by atoms with Crippen LogP contribution in [0.3, 0.4) is 0 Å². The number of carboxylic acid groups (broad SMARTS) is 1. The van der Waals surface area contributed by atoms with Crippen LogP contribution in [0.5, 0.6) is 0 Å². The number of nitrogens with zero attached hydrogens (tertiary/aromatic N) is 1. The number of likely N-dealkylation sites (tertiary alicyclic amines) is 1. The van der Waals surface area contributed by atoms with Gasteiger partial charge in [0.15, 0.2) is 0 Å². The second kappa shape index (κ2) is 6.93. The van der Waals surface area contributed by atoms with E-state index >= 15 is 0 Å². The van der Waals surface area contributed by atoms with Crippen molar-refractivity contribution in [2.75, 3.05) is 6.54 Å². The lowest BCUT2D eigenvalue weighted by Gasteiger charge is -2.40. The maximum Gasteiger partial charge on any atom is 0.324 e. The van der Waals surface area contributed by atoms with Gasteiger partial charge in [0.2, 0.25) is 0 Å². The van der Waals surface area contributed by atoms with Gasteiger partial charge in [-0.05, 0) is 49.9 Å². The van der Waals surface area contributed by atoms with Crippen molar-refractivity contribution in [2.45, 2.75) is 57.5 Å². The van der Waals surface area contributed by atoms with Gasteiger partial charge in [-0.1, -0.05) is 48.3 Å². The predicted octanol–water partition coefficient (Wildman–Crippen LogP) is 4.62. The minimum Gasteiger partial charge on any atom is -0.480 e. The number of benzene rings is 1. The molecule has 3 nitrogen and oxygen atoms in total. The number of carboxylic acids is 1. The van der Waals surface area contributed by atoms with E-state index in [0.29, 0.717) is 0 Å². The molecule has 0 aliphatic carbocycles. The molecule has 0 aromatic heterocycles. The van der Waals surface area contributed by atoms with Crippen molar-refractivity contribution >= 4 is 21.9 Å². The number of hydrogen-bond donors (Lipinski definition) is 1. The summed E-state index contributed by atoms with van der Waals surface area (Å²) >= 11 is 3.52. The van der Waals surface area contributed by atoms with Crippen LogP contribution in [0.1, 0.15) is 57.6 Å². The smallest absolute Gasteiger partial charge is 0.324 e. The molecule has 0 spiro atoms. The number of carbonyl (C=O) groups is 1. The molecule has 1 aromatic carbocycles. The maximum absolute atomic E-state index is 12.0. The molecule has 0 amide bonds. The average molecular weight is 354 g/mol. The minimum atomic E-state index is -0.683. The van der Waals surface area contributed by atoms with Gasteiger partial charge in [0.1, 0.15) is 5.54 Å². The lowest BCUT2D eigenvalue weighted by atomic mass is 9.88. The Balaban J connectivity index is 2.38. The molecule has 21 heavy (non-hydrogen) atoms. The molecule has 2 unspecified atom stereocenters. The first-order chi connectivity index (χ1) is 10.0. The standard InChI is InChI=1S/C17H24BrNO2/c1-3-9-17(16(20)21)10-6-11-19(17)15(4-2)13-7-5-8-14(18)12-13/h5,7-8,12,15H,3-4,6,9-11H2,1-2H3,(H,20,21). The fourth-order valence-corrected chi connectivity index (χ4v) is 4.14. The fraction of sp³-hybridized carbons (Fsp3) is 0.588. The van der Waals surface area contributed by atoms with Gasteiger partial charge in [-0.2, -0.15) is 0 Å². The molecule has 116 valence electrons. The molecule has 0 bridgehead atoms. The Bertz CT molecular complexity index is 505. The van der Waals surface area contributed by atoms with Crippen LogP contribution in [0.15, 0.2) is 28.7 Å². The van der Waals surface area contributed by atoms with Crippen LogP contribution < -0.4 is 0 Å². The van der Waals surface area contributed by atoms with Crippen molar-refractivity contribution < 1.29 is 9.90 Å². The highest BCUT2D eigenvalue weighted by atomic mass is 79.9. The summed E-state index contributed by atoms with van der Waals surface area (Å²) in [5.41, 5.74) is 0.521. The Morgan fingerprint density at radius 2 is 2.24 bits per heavy atom. The molecule has 1 saturated heterocycles. The van der Waals surface area contributed by atoms with Gasteiger partial charge < -0.3 is 5.11 Å². The molecule has 1 aliphatic heterocycles. The van der Waals surface area contributed by atoms with Crippen molar-refractivity contribution in [3.05, 3.63) is 34.3 Å². The zero-order valence-corrected chi connectivity index (χ0v) is 14.4. The molecule has 0 saturated carbocycles. The molecule has 1 aliphatic rings. The van der Waals surface area contributed by atoms with Crippen molar-refractivity contribution in [1.29, 1.82) is 0 Å². The number of aliphatic carboxylic acids is 1. The summed E-state index contributed by atoms with van der Waals surface area (Å²) < 4.78 is 1.05. The lowest BCUT2D eigenvalue weighted by molar-refractivity contribution is -0.152. The van der Waals surface area contributed by atoms with Gasteiger partial charge in [-0.3, -0.25) is 9.69 Å². The Kier molecular flexibility index (Phi) is 5.44. The zero-order valence-electron chi connectivity index (χ0n) is 12.8. The molecule has 2 atom stereocenters. The summed E-state index contributed by atoms with van der Waals surface area (Å²) in [6, 6.07) is 8.44. The monoisotopic (exact) mass is 353 g/mol. The quantitative estimate of drug-likeness (QED) is 0.810. The third kappa shape index (κ3) is 3.16. The molecule has 1 fully saturated rings. The van der Waals surface area contributed by atoms with E-state index in [4.69, 9.17) is 0 Å². The molecule has 0 radical (unpaired) electrons. The van der Waals surface area contributed by atoms with Crippen LogP contribution in [0.4, 0.5) is 0 Å². The SMILES string of the molecule is CCCC1(C(=O)O)CCCN1C(CC)c1cccc(Br)c1. The number of rotatable bonds is 6. The number of halogens is 1. The Morgan fingerprint density at radius 3 is 2.81 bits per heavy atom. The van der Waals surface area contributed by atoms with Gasteiger partial charge in [0.05, 0.1) is 0 Å². The van der Waals surface area contributed by atoms with Gasteiger partial charge in [0, 0.05) is 10.5 Å². The minimum absolute atomic E-state index is 0.174. The second-order valence-electron chi connectivity index (χ2n) is 5.86. The van der Waals surface area contributed by atoms with Crippen LogP contribution in [0, 0.1) is 0 Å². The lowest BCUT2D eigenvalue weighted by Crippen LogP contribution is -2.51. The zero-order chi connectivity index (χ0) is 15.5. The Morgan fingerprint density at radius 1 is 1.48 bits per heavy atom. The molecule has 2 rings (SSSR count). The van der Waals surface area contributed by atoms with E-state index in [0.717, 1.165) is 43.1 Å². The highest BCUT2D eigenvalue weighted by molar-refractivity contribution is 9.10. The van der Waals surface area contributed by atoms with E-state index < -0.39 is 11.5 Å². The van der Waals surface area contributed by atoms with Crippen molar-refractivity contribution in [3.63, 3.8) is 0 Å². The summed E-state index contributed by atoms with van der Waals surface area (Å²) in [5.74, 6) is -0.657. The molecule has 1 aromatic rings. The number of hydrogen-bond acceptors (Lipinski definition) is 2. The topological polar surface area (TPSA) is 40.5 Å². The van der Waals surface area contributed by atoms with Crippen molar-refractivity contribution in [1.82, 2.24) is 4.90 Å². The summed E-state index contributed by atoms with van der Waals surface area (Å²) in [6.45, 7) is 5.08. The van der Waals surface area contributed by atoms with Crippen LogP contribution in [0.25, 0.3) is 0 Å². The maximum atomic E-state index is 12.0. The summed E-state index contributed by atoms with van der Waals surface area (Å²) in [7, 11) is 0. The first-order valence-corrected chi connectivity index (χ1v) is 8.60. The van der Waals surface area contributed by atoms with Crippen molar-refractivity contribution in [2.24, 2.45) is 0 Å². The summed E-state index contributed by atoms with van der Waals surface area (Å²) in [4.78, 5) is 14.2. The van der Waals surface area contributed by atoms with E-state index in [9.17, 15) is 9.90 Å². The van der Waals surface area contributed by atoms with Crippen molar-refractivity contribution in [3.8, 4) is 0 Å².